The number of hydrogen-bond donors (Lipinski definition) is 0. The highest BCUT2D eigenvalue weighted by molar-refractivity contribution is 5.84. The van der Waals surface area contributed by atoms with E-state index >= 15 is 0 Å². The maximum Gasteiger partial charge on any atom is 0.230 e. The molecular formula is C23H30N4O. The number of hydrogen-bond acceptors (Lipinski definition) is 4. The molecule has 4 rings (SSSR count). The maximum atomic E-state index is 13.3. The number of piperidine rings is 1. The fourth-order valence-corrected chi connectivity index (χ4v) is 4.72. The van der Waals surface area contributed by atoms with Crippen LogP contribution in [-0.2, 0) is 17.8 Å². The van der Waals surface area contributed by atoms with Crippen LogP contribution in [0.1, 0.15) is 42.6 Å². The van der Waals surface area contributed by atoms with Gasteiger partial charge in [0.05, 0.1) is 5.41 Å². The van der Waals surface area contributed by atoms with Gasteiger partial charge in [-0.25, -0.2) is 9.97 Å². The van der Waals surface area contributed by atoms with Crippen molar-refractivity contribution in [2.24, 2.45) is 5.41 Å². The van der Waals surface area contributed by atoms with Crippen molar-refractivity contribution < 1.29 is 4.79 Å². The van der Waals surface area contributed by atoms with Crippen LogP contribution in [0.5, 0.6) is 0 Å². The van der Waals surface area contributed by atoms with E-state index in [1.165, 1.54) is 5.56 Å². The monoisotopic (exact) mass is 378 g/mol. The van der Waals surface area contributed by atoms with E-state index < -0.39 is 0 Å². The number of rotatable bonds is 6. The number of benzene rings is 1. The molecule has 0 aliphatic carbocycles. The van der Waals surface area contributed by atoms with Crippen molar-refractivity contribution in [1.29, 1.82) is 0 Å². The first-order chi connectivity index (χ1) is 13.6. The standard InChI is InChI=1S/C23H30N4O/c1-19-24-15-21(16-25-19)17-26-14-11-23(18-26)10-6-13-27(22(23)28)12-5-9-20-7-3-2-4-8-20/h2-4,7-8,15-16H,5-6,9-14,17-18H2,1H3. The molecule has 0 bridgehead atoms. The molecule has 5 heteroatoms. The van der Waals surface area contributed by atoms with Gasteiger partial charge >= 0.3 is 0 Å². The molecule has 0 radical (unpaired) electrons. The van der Waals surface area contributed by atoms with Crippen molar-refractivity contribution in [3.63, 3.8) is 0 Å². The molecule has 2 aliphatic heterocycles. The van der Waals surface area contributed by atoms with E-state index in [0.29, 0.717) is 5.91 Å². The Hall–Kier alpha value is -2.27. The molecule has 3 heterocycles. The van der Waals surface area contributed by atoms with E-state index in [4.69, 9.17) is 0 Å². The van der Waals surface area contributed by atoms with Crippen LogP contribution in [0.15, 0.2) is 42.7 Å². The summed E-state index contributed by atoms with van der Waals surface area (Å²) in [7, 11) is 0. The average molecular weight is 379 g/mol. The van der Waals surface area contributed by atoms with Gasteiger partial charge in [0.15, 0.2) is 0 Å². The number of amides is 1. The lowest BCUT2D eigenvalue weighted by atomic mass is 9.78. The number of carbonyl (C=O) groups excluding carboxylic acids is 1. The minimum Gasteiger partial charge on any atom is -0.342 e. The van der Waals surface area contributed by atoms with Gasteiger partial charge in [-0.1, -0.05) is 30.3 Å². The summed E-state index contributed by atoms with van der Waals surface area (Å²) < 4.78 is 0. The first-order valence-corrected chi connectivity index (χ1v) is 10.5. The van der Waals surface area contributed by atoms with Crippen LogP contribution in [0.4, 0.5) is 0 Å². The fourth-order valence-electron chi connectivity index (χ4n) is 4.72. The molecule has 5 nitrogen and oxygen atoms in total. The highest BCUT2D eigenvalue weighted by atomic mass is 16.2. The summed E-state index contributed by atoms with van der Waals surface area (Å²) in [6.07, 6.45) is 9.03. The molecule has 2 saturated heterocycles. The Bertz CT molecular complexity index is 792. The summed E-state index contributed by atoms with van der Waals surface area (Å²) in [5.41, 5.74) is 2.32. The molecule has 1 atom stereocenters. The lowest BCUT2D eigenvalue weighted by Gasteiger charge is -2.39. The summed E-state index contributed by atoms with van der Waals surface area (Å²) in [4.78, 5) is 26.4. The third-order valence-electron chi connectivity index (χ3n) is 6.23. The van der Waals surface area contributed by atoms with Crippen molar-refractivity contribution in [2.75, 3.05) is 26.2 Å². The molecule has 2 aliphatic rings. The molecule has 1 aromatic carbocycles. The Kier molecular flexibility index (Phi) is 5.72. The highest BCUT2D eigenvalue weighted by Gasteiger charge is 2.47. The second-order valence-electron chi connectivity index (χ2n) is 8.36. The zero-order valence-electron chi connectivity index (χ0n) is 16.8. The Morgan fingerprint density at radius 2 is 1.82 bits per heavy atom. The minimum absolute atomic E-state index is 0.170. The molecule has 1 amide bonds. The molecule has 1 unspecified atom stereocenters. The minimum atomic E-state index is -0.170. The number of nitrogens with zero attached hydrogens (tertiary/aromatic N) is 4. The van der Waals surface area contributed by atoms with Crippen LogP contribution in [0.2, 0.25) is 0 Å². The van der Waals surface area contributed by atoms with Gasteiger partial charge in [-0.05, 0) is 51.1 Å². The van der Waals surface area contributed by atoms with E-state index in [2.05, 4.69) is 50.1 Å². The summed E-state index contributed by atoms with van der Waals surface area (Å²) >= 11 is 0. The van der Waals surface area contributed by atoms with Crippen molar-refractivity contribution >= 4 is 5.91 Å². The van der Waals surface area contributed by atoms with Gasteiger partial charge < -0.3 is 4.90 Å². The predicted molar refractivity (Wildman–Crippen MR) is 110 cm³/mol. The first kappa shape index (κ1) is 19.1. The molecule has 148 valence electrons. The van der Waals surface area contributed by atoms with Gasteiger partial charge in [0.1, 0.15) is 5.82 Å². The van der Waals surface area contributed by atoms with Crippen LogP contribution < -0.4 is 0 Å². The topological polar surface area (TPSA) is 49.3 Å². The zero-order valence-corrected chi connectivity index (χ0v) is 16.8. The quantitative estimate of drug-likeness (QED) is 0.774. The molecule has 28 heavy (non-hydrogen) atoms. The highest BCUT2D eigenvalue weighted by Crippen LogP contribution is 2.40. The van der Waals surface area contributed by atoms with Crippen molar-refractivity contribution in [3.8, 4) is 0 Å². The smallest absolute Gasteiger partial charge is 0.230 e. The summed E-state index contributed by atoms with van der Waals surface area (Å²) in [6, 6.07) is 10.6. The fraction of sp³-hybridized carbons (Fsp3) is 0.522. The Morgan fingerprint density at radius 3 is 2.61 bits per heavy atom. The summed E-state index contributed by atoms with van der Waals surface area (Å²) in [5.74, 6) is 1.18. The van der Waals surface area contributed by atoms with Gasteiger partial charge in [0.2, 0.25) is 5.91 Å². The third kappa shape index (κ3) is 4.25. The van der Waals surface area contributed by atoms with Crippen molar-refractivity contribution in [1.82, 2.24) is 19.8 Å². The van der Waals surface area contributed by atoms with Gasteiger partial charge in [-0.15, -0.1) is 0 Å². The second kappa shape index (κ2) is 8.39. The van der Waals surface area contributed by atoms with Gasteiger partial charge in [-0.2, -0.15) is 0 Å². The first-order valence-electron chi connectivity index (χ1n) is 10.5. The normalized spacial score (nSPS) is 22.9. The molecule has 2 aromatic rings. The summed E-state index contributed by atoms with van der Waals surface area (Å²) in [6.45, 7) is 6.39. The van der Waals surface area contributed by atoms with Crippen LogP contribution in [0.3, 0.4) is 0 Å². The number of carbonyl (C=O) groups is 1. The maximum absolute atomic E-state index is 13.3. The SMILES string of the molecule is Cc1ncc(CN2CCC3(CCCN(CCCc4ccccc4)C3=O)C2)cn1. The lowest BCUT2D eigenvalue weighted by Crippen LogP contribution is -2.50. The molecular weight excluding hydrogens is 348 g/mol. The van der Waals surface area contributed by atoms with Crippen LogP contribution in [0.25, 0.3) is 0 Å². The van der Waals surface area contributed by atoms with Crippen molar-refractivity contribution in [2.45, 2.75) is 45.6 Å². The van der Waals surface area contributed by atoms with Crippen LogP contribution >= 0.6 is 0 Å². The third-order valence-corrected chi connectivity index (χ3v) is 6.23. The second-order valence-corrected chi connectivity index (χ2v) is 8.36. The molecule has 0 N–H and O–H groups in total. The largest absolute Gasteiger partial charge is 0.342 e. The van der Waals surface area contributed by atoms with Gasteiger partial charge in [0.25, 0.3) is 0 Å². The summed E-state index contributed by atoms with van der Waals surface area (Å²) in [5, 5.41) is 0. The van der Waals surface area contributed by atoms with E-state index in [1.807, 2.05) is 19.3 Å². The van der Waals surface area contributed by atoms with Crippen molar-refractivity contribution in [3.05, 3.63) is 59.7 Å². The predicted octanol–water partition coefficient (Wildman–Crippen LogP) is 3.23. The Morgan fingerprint density at radius 1 is 1.04 bits per heavy atom. The zero-order chi connectivity index (χ0) is 19.4. The molecule has 1 aromatic heterocycles. The molecule has 2 fully saturated rings. The lowest BCUT2D eigenvalue weighted by molar-refractivity contribution is -0.145. The van der Waals surface area contributed by atoms with E-state index in [1.54, 1.807) is 0 Å². The number of aromatic nitrogens is 2. The Labute approximate surface area is 167 Å². The van der Waals surface area contributed by atoms with E-state index in [0.717, 1.165) is 76.2 Å². The van der Waals surface area contributed by atoms with Crippen LogP contribution in [0, 0.1) is 12.3 Å². The average Bonchev–Trinajstić information content (AvgIpc) is 3.11. The van der Waals surface area contributed by atoms with E-state index in [9.17, 15) is 4.79 Å². The van der Waals surface area contributed by atoms with E-state index in [-0.39, 0.29) is 5.41 Å². The van der Waals surface area contributed by atoms with Crippen LogP contribution in [-0.4, -0.2) is 51.9 Å². The number of likely N-dealkylation sites (tertiary alicyclic amines) is 2. The number of aryl methyl sites for hydroxylation is 2. The Balaban J connectivity index is 1.32. The van der Waals surface area contributed by atoms with Gasteiger partial charge in [0, 0.05) is 44.1 Å². The molecule has 1 spiro atoms. The van der Waals surface area contributed by atoms with Gasteiger partial charge in [-0.3, -0.25) is 9.69 Å². The molecule has 0 saturated carbocycles.